The summed E-state index contributed by atoms with van der Waals surface area (Å²) in [5.74, 6) is 1.16. The predicted molar refractivity (Wildman–Crippen MR) is 104 cm³/mol. The zero-order valence-electron chi connectivity index (χ0n) is 16.6. The molecule has 3 fully saturated rings. The highest BCUT2D eigenvalue weighted by Gasteiger charge is 2.49. The van der Waals surface area contributed by atoms with Crippen LogP contribution in [0.1, 0.15) is 44.0 Å². The topological polar surface area (TPSA) is 65.5 Å². The largest absolute Gasteiger partial charge is 0.371 e. The maximum Gasteiger partial charge on any atom is 0.223 e. The predicted octanol–water partition coefficient (Wildman–Crippen LogP) is 2.04. The van der Waals surface area contributed by atoms with Crippen LogP contribution >= 0.6 is 0 Å². The van der Waals surface area contributed by atoms with E-state index in [1.807, 2.05) is 13.8 Å². The zero-order valence-corrected chi connectivity index (χ0v) is 16.6. The molecule has 0 spiro atoms. The number of aryl methyl sites for hydroxylation is 2. The summed E-state index contributed by atoms with van der Waals surface area (Å²) in [6.45, 7) is 8.14. The lowest BCUT2D eigenvalue weighted by atomic mass is 9.72. The van der Waals surface area contributed by atoms with Gasteiger partial charge in [0.15, 0.2) is 0 Å². The molecule has 4 rings (SSSR count). The van der Waals surface area contributed by atoms with Gasteiger partial charge in [-0.25, -0.2) is 0 Å². The van der Waals surface area contributed by atoms with Crippen molar-refractivity contribution in [2.45, 2.75) is 58.5 Å². The Hall–Kier alpha value is -2.11. The third kappa shape index (κ3) is 3.54. The Morgan fingerprint density at radius 1 is 1.22 bits per heavy atom. The number of piperidine rings is 3. The van der Waals surface area contributed by atoms with E-state index < -0.39 is 0 Å². The smallest absolute Gasteiger partial charge is 0.223 e. The lowest BCUT2D eigenvalue weighted by Gasteiger charge is -2.57. The maximum atomic E-state index is 12.7. The van der Waals surface area contributed by atoms with Gasteiger partial charge in [0.25, 0.3) is 0 Å². The first-order valence-corrected chi connectivity index (χ1v) is 10.2. The highest BCUT2D eigenvalue weighted by atomic mass is 16.2. The average Bonchev–Trinajstić information content (AvgIpc) is 2.61. The molecule has 3 aliphatic rings. The second kappa shape index (κ2) is 7.13. The van der Waals surface area contributed by atoms with Gasteiger partial charge in [-0.2, -0.15) is 0 Å². The number of aromatic nitrogens is 1. The summed E-state index contributed by atoms with van der Waals surface area (Å²) >= 11 is 0. The Morgan fingerprint density at radius 2 is 1.93 bits per heavy atom. The van der Waals surface area contributed by atoms with E-state index in [4.69, 9.17) is 0 Å². The van der Waals surface area contributed by atoms with Crippen LogP contribution in [0.3, 0.4) is 0 Å². The van der Waals surface area contributed by atoms with Crippen molar-refractivity contribution in [2.24, 2.45) is 11.8 Å². The summed E-state index contributed by atoms with van der Waals surface area (Å²) in [7, 11) is 0. The summed E-state index contributed by atoms with van der Waals surface area (Å²) in [5.41, 5.74) is 3.33. The van der Waals surface area contributed by atoms with E-state index in [9.17, 15) is 9.59 Å². The van der Waals surface area contributed by atoms with Gasteiger partial charge >= 0.3 is 0 Å². The van der Waals surface area contributed by atoms with Gasteiger partial charge in [-0.15, -0.1) is 0 Å². The van der Waals surface area contributed by atoms with Crippen LogP contribution in [0, 0.1) is 25.7 Å². The van der Waals surface area contributed by atoms with E-state index in [-0.39, 0.29) is 17.9 Å². The number of nitrogens with one attached hydrogen (secondary N) is 1. The first kappa shape index (κ1) is 18.3. The fraction of sp³-hybridized carbons (Fsp3) is 0.667. The molecule has 1 N–H and O–H groups in total. The Kier molecular flexibility index (Phi) is 4.82. The van der Waals surface area contributed by atoms with Crippen molar-refractivity contribution in [2.75, 3.05) is 24.5 Å². The number of hydrogen-bond donors (Lipinski definition) is 1. The molecule has 27 heavy (non-hydrogen) atoms. The van der Waals surface area contributed by atoms with E-state index >= 15 is 0 Å². The van der Waals surface area contributed by atoms with Gasteiger partial charge in [0.05, 0.1) is 6.04 Å². The molecule has 0 aliphatic carbocycles. The number of fused-ring (bicyclic) bond motifs is 4. The summed E-state index contributed by atoms with van der Waals surface area (Å²) in [6, 6.07) is 4.75. The number of carbonyl (C=O) groups is 2. The number of rotatable bonds is 3. The number of amides is 2. The van der Waals surface area contributed by atoms with Crippen LogP contribution in [0.25, 0.3) is 0 Å². The molecule has 1 aromatic heterocycles. The number of anilines is 1. The maximum absolute atomic E-state index is 12.7. The van der Waals surface area contributed by atoms with Crippen LogP contribution in [-0.2, 0) is 9.59 Å². The van der Waals surface area contributed by atoms with Crippen LogP contribution in [0.4, 0.5) is 5.69 Å². The first-order valence-electron chi connectivity index (χ1n) is 10.2. The van der Waals surface area contributed by atoms with Crippen LogP contribution < -0.4 is 10.2 Å². The zero-order chi connectivity index (χ0) is 19.1. The number of nitrogens with zero attached hydrogens (tertiary/aromatic N) is 3. The quantitative estimate of drug-likeness (QED) is 0.884. The second-order valence-corrected chi connectivity index (χ2v) is 8.53. The molecule has 0 saturated carbocycles. The molecule has 0 radical (unpaired) electrons. The van der Waals surface area contributed by atoms with Crippen molar-refractivity contribution >= 4 is 17.5 Å². The molecule has 6 heteroatoms. The Bertz CT molecular complexity index is 729. The Labute approximate surface area is 161 Å². The SMILES string of the molecule is CC(=O)NC[C@H]1[C@H]2C[C@H](CN(c3cc(C)nc(C)c3)C2)[C@@H]2CCCC(=O)N21. The normalized spacial score (nSPS) is 30.1. The van der Waals surface area contributed by atoms with Gasteiger partial charge < -0.3 is 15.1 Å². The van der Waals surface area contributed by atoms with Crippen LogP contribution in [0.2, 0.25) is 0 Å². The number of hydrogen-bond acceptors (Lipinski definition) is 4. The number of pyridine rings is 1. The average molecular weight is 370 g/mol. The minimum absolute atomic E-state index is 0.0221. The van der Waals surface area contributed by atoms with Crippen molar-refractivity contribution in [3.63, 3.8) is 0 Å². The molecule has 3 saturated heterocycles. The standard InChI is InChI=1S/C21H30N4O2/c1-13-7-18(8-14(2)23-13)24-11-16-9-17(12-24)20(10-22-15(3)26)25-19(16)5-4-6-21(25)27/h7-8,16-17,19-20H,4-6,9-12H2,1-3H3,(H,22,26)/t16-,17+,19+,20+/m1/s1. The van der Waals surface area contributed by atoms with Gasteiger partial charge in [-0.3, -0.25) is 14.6 Å². The van der Waals surface area contributed by atoms with Crippen molar-refractivity contribution in [3.05, 3.63) is 23.5 Å². The molecule has 2 bridgehead atoms. The van der Waals surface area contributed by atoms with Crippen molar-refractivity contribution in [1.29, 1.82) is 0 Å². The summed E-state index contributed by atoms with van der Waals surface area (Å²) in [6.07, 6.45) is 3.88. The van der Waals surface area contributed by atoms with E-state index in [0.717, 1.165) is 43.7 Å². The summed E-state index contributed by atoms with van der Waals surface area (Å²) in [4.78, 5) is 33.4. The summed E-state index contributed by atoms with van der Waals surface area (Å²) < 4.78 is 0. The monoisotopic (exact) mass is 370 g/mol. The van der Waals surface area contributed by atoms with E-state index in [1.165, 1.54) is 5.69 Å². The highest BCUT2D eigenvalue weighted by molar-refractivity contribution is 5.78. The molecular formula is C21H30N4O2. The fourth-order valence-corrected chi connectivity index (χ4v) is 5.49. The minimum atomic E-state index is -0.0221. The summed E-state index contributed by atoms with van der Waals surface area (Å²) in [5, 5.41) is 2.98. The fourth-order valence-electron chi connectivity index (χ4n) is 5.49. The van der Waals surface area contributed by atoms with Crippen LogP contribution in [-0.4, -0.2) is 53.4 Å². The molecule has 1 aromatic rings. The molecular weight excluding hydrogens is 340 g/mol. The molecule has 4 heterocycles. The van der Waals surface area contributed by atoms with Gasteiger partial charge in [0, 0.05) is 56.1 Å². The van der Waals surface area contributed by atoms with Gasteiger partial charge in [0.1, 0.15) is 0 Å². The van der Waals surface area contributed by atoms with Gasteiger partial charge in [-0.1, -0.05) is 0 Å². The molecule has 3 aliphatic heterocycles. The second-order valence-electron chi connectivity index (χ2n) is 8.53. The van der Waals surface area contributed by atoms with Gasteiger partial charge in [0.2, 0.25) is 11.8 Å². The van der Waals surface area contributed by atoms with E-state index in [0.29, 0.717) is 30.8 Å². The molecule has 4 atom stereocenters. The van der Waals surface area contributed by atoms with Gasteiger partial charge in [-0.05, 0) is 57.1 Å². The van der Waals surface area contributed by atoms with Crippen molar-refractivity contribution < 1.29 is 9.59 Å². The van der Waals surface area contributed by atoms with Crippen molar-refractivity contribution in [1.82, 2.24) is 15.2 Å². The molecule has 0 unspecified atom stereocenters. The Balaban J connectivity index is 1.63. The van der Waals surface area contributed by atoms with E-state index in [1.54, 1.807) is 6.92 Å². The Morgan fingerprint density at radius 3 is 2.63 bits per heavy atom. The van der Waals surface area contributed by atoms with Crippen LogP contribution in [0.5, 0.6) is 0 Å². The highest BCUT2D eigenvalue weighted by Crippen LogP contribution is 2.42. The third-order valence-corrected chi connectivity index (χ3v) is 6.49. The van der Waals surface area contributed by atoms with Crippen LogP contribution in [0.15, 0.2) is 12.1 Å². The first-order chi connectivity index (χ1) is 12.9. The minimum Gasteiger partial charge on any atom is -0.371 e. The molecule has 2 amide bonds. The molecule has 0 aromatic carbocycles. The van der Waals surface area contributed by atoms with E-state index in [2.05, 4.69) is 32.2 Å². The van der Waals surface area contributed by atoms with Crippen molar-refractivity contribution in [3.8, 4) is 0 Å². The lowest BCUT2D eigenvalue weighted by Crippen LogP contribution is -2.67. The molecule has 6 nitrogen and oxygen atoms in total. The lowest BCUT2D eigenvalue weighted by molar-refractivity contribution is -0.149. The molecule has 146 valence electrons. The number of carbonyl (C=O) groups excluding carboxylic acids is 2. The third-order valence-electron chi connectivity index (χ3n) is 6.49.